The number of nitrogens with zero attached hydrogens (tertiary/aromatic N) is 1. The van der Waals surface area contributed by atoms with Crippen molar-refractivity contribution >= 4 is 17.4 Å². The van der Waals surface area contributed by atoms with E-state index in [4.69, 9.17) is 0 Å². The van der Waals surface area contributed by atoms with Crippen LogP contribution in [-0.4, -0.2) is 16.2 Å². The molecular weight excluding hydrogens is 314 g/mol. The Hall–Kier alpha value is -3.22. The third kappa shape index (κ3) is 3.40. The lowest BCUT2D eigenvalue weighted by atomic mass is 10.1. The molecule has 0 saturated carbocycles. The molecule has 0 aliphatic rings. The predicted octanol–water partition coefficient (Wildman–Crippen LogP) is 4.31. The van der Waals surface area contributed by atoms with Crippen molar-refractivity contribution in [3.05, 3.63) is 65.9 Å². The van der Waals surface area contributed by atoms with E-state index in [1.54, 1.807) is 19.1 Å². The number of aryl methyl sites for hydroxylation is 1. The SMILES string of the molecule is Cc1[nH]nc(-c2ccc(F)cc2)c1NC(=O)Nc1ccc(F)cc1. The summed E-state index contributed by atoms with van der Waals surface area (Å²) in [7, 11) is 0. The maximum absolute atomic E-state index is 13.1. The Morgan fingerprint density at radius 1 is 0.958 bits per heavy atom. The van der Waals surface area contributed by atoms with Crippen molar-refractivity contribution in [2.75, 3.05) is 10.6 Å². The Balaban J connectivity index is 1.79. The fourth-order valence-electron chi connectivity index (χ4n) is 2.21. The van der Waals surface area contributed by atoms with Crippen LogP contribution < -0.4 is 10.6 Å². The number of anilines is 2. The average molecular weight is 328 g/mol. The van der Waals surface area contributed by atoms with Gasteiger partial charge in [-0.25, -0.2) is 13.6 Å². The number of nitrogens with one attached hydrogen (secondary N) is 3. The molecule has 0 spiro atoms. The minimum Gasteiger partial charge on any atom is -0.308 e. The fraction of sp³-hybridized carbons (Fsp3) is 0.0588. The van der Waals surface area contributed by atoms with Gasteiger partial charge in [0.25, 0.3) is 0 Å². The van der Waals surface area contributed by atoms with Gasteiger partial charge in [0.15, 0.2) is 0 Å². The van der Waals surface area contributed by atoms with E-state index in [2.05, 4.69) is 20.8 Å². The topological polar surface area (TPSA) is 69.8 Å². The van der Waals surface area contributed by atoms with Gasteiger partial charge in [0.05, 0.1) is 11.4 Å². The maximum Gasteiger partial charge on any atom is 0.323 e. The molecule has 24 heavy (non-hydrogen) atoms. The summed E-state index contributed by atoms with van der Waals surface area (Å²) < 4.78 is 25.9. The summed E-state index contributed by atoms with van der Waals surface area (Å²) in [6.45, 7) is 1.76. The van der Waals surface area contributed by atoms with E-state index in [1.165, 1.54) is 36.4 Å². The molecule has 0 aliphatic carbocycles. The lowest BCUT2D eigenvalue weighted by molar-refractivity contribution is 0.262. The summed E-state index contributed by atoms with van der Waals surface area (Å²) in [6, 6.07) is 10.7. The minimum absolute atomic E-state index is 0.352. The molecule has 2 amide bonds. The van der Waals surface area contributed by atoms with Gasteiger partial charge in [-0.15, -0.1) is 0 Å². The molecule has 3 aromatic rings. The molecule has 3 rings (SSSR count). The quantitative estimate of drug-likeness (QED) is 0.670. The second-order valence-electron chi connectivity index (χ2n) is 5.17. The minimum atomic E-state index is -0.491. The van der Waals surface area contributed by atoms with E-state index in [-0.39, 0.29) is 11.6 Å². The Kier molecular flexibility index (Phi) is 4.24. The van der Waals surface area contributed by atoms with Crippen molar-refractivity contribution < 1.29 is 13.6 Å². The zero-order valence-corrected chi connectivity index (χ0v) is 12.7. The third-order valence-corrected chi connectivity index (χ3v) is 3.41. The maximum atomic E-state index is 13.1. The van der Waals surface area contributed by atoms with Crippen LogP contribution in [0.1, 0.15) is 5.69 Å². The van der Waals surface area contributed by atoms with Crippen LogP contribution in [0.2, 0.25) is 0 Å². The Morgan fingerprint density at radius 3 is 2.17 bits per heavy atom. The van der Waals surface area contributed by atoms with Gasteiger partial charge in [0.1, 0.15) is 17.3 Å². The molecule has 0 atom stereocenters. The van der Waals surface area contributed by atoms with Crippen molar-refractivity contribution in [2.45, 2.75) is 6.92 Å². The first-order chi connectivity index (χ1) is 11.5. The van der Waals surface area contributed by atoms with Crippen LogP contribution in [0.15, 0.2) is 48.5 Å². The molecule has 1 aromatic heterocycles. The lowest BCUT2D eigenvalue weighted by Gasteiger charge is -2.09. The highest BCUT2D eigenvalue weighted by Gasteiger charge is 2.15. The monoisotopic (exact) mass is 328 g/mol. The molecule has 122 valence electrons. The molecule has 0 bridgehead atoms. The Labute approximate surface area is 136 Å². The molecule has 0 radical (unpaired) electrons. The van der Waals surface area contributed by atoms with Crippen LogP contribution in [-0.2, 0) is 0 Å². The number of H-pyrrole nitrogens is 1. The van der Waals surface area contributed by atoms with E-state index in [0.29, 0.717) is 28.3 Å². The summed E-state index contributed by atoms with van der Waals surface area (Å²) in [6.07, 6.45) is 0. The van der Waals surface area contributed by atoms with Gasteiger partial charge in [0, 0.05) is 11.3 Å². The third-order valence-electron chi connectivity index (χ3n) is 3.41. The number of hydrogen-bond donors (Lipinski definition) is 3. The van der Waals surface area contributed by atoms with Crippen molar-refractivity contribution in [1.29, 1.82) is 0 Å². The molecule has 7 heteroatoms. The molecule has 0 unspecified atom stereocenters. The summed E-state index contributed by atoms with van der Waals surface area (Å²) >= 11 is 0. The van der Waals surface area contributed by atoms with Gasteiger partial charge < -0.3 is 10.6 Å². The highest BCUT2D eigenvalue weighted by molar-refractivity contribution is 6.02. The molecule has 3 N–H and O–H groups in total. The van der Waals surface area contributed by atoms with E-state index >= 15 is 0 Å². The number of benzene rings is 2. The average Bonchev–Trinajstić information content (AvgIpc) is 2.91. The molecule has 2 aromatic carbocycles. The second kappa shape index (κ2) is 6.49. The number of carbonyl (C=O) groups is 1. The van der Waals surface area contributed by atoms with Crippen molar-refractivity contribution in [3.8, 4) is 11.3 Å². The molecule has 0 fully saturated rings. The van der Waals surface area contributed by atoms with Gasteiger partial charge in [-0.1, -0.05) is 0 Å². The fourth-order valence-corrected chi connectivity index (χ4v) is 2.21. The first-order valence-corrected chi connectivity index (χ1v) is 7.17. The van der Waals surface area contributed by atoms with Crippen LogP contribution in [0.4, 0.5) is 25.0 Å². The number of hydrogen-bond acceptors (Lipinski definition) is 2. The highest BCUT2D eigenvalue weighted by Crippen LogP contribution is 2.28. The summed E-state index contributed by atoms with van der Waals surface area (Å²) in [4.78, 5) is 12.1. The standard InChI is InChI=1S/C17H14F2N4O/c1-10-15(16(23-22-10)11-2-4-12(18)5-3-11)21-17(24)20-14-8-6-13(19)7-9-14/h2-9H,1H3,(H,22,23)(H2,20,21,24). The number of rotatable bonds is 3. The summed E-state index contributed by atoms with van der Waals surface area (Å²) in [5.41, 5.74) is 2.77. The van der Waals surface area contributed by atoms with Crippen LogP contribution in [0.25, 0.3) is 11.3 Å². The van der Waals surface area contributed by atoms with Gasteiger partial charge in [-0.05, 0) is 55.5 Å². The zero-order chi connectivity index (χ0) is 17.1. The van der Waals surface area contributed by atoms with E-state index in [9.17, 15) is 13.6 Å². The molecule has 0 saturated heterocycles. The number of aromatic nitrogens is 2. The van der Waals surface area contributed by atoms with E-state index in [0.717, 1.165) is 0 Å². The first-order valence-electron chi connectivity index (χ1n) is 7.17. The van der Waals surface area contributed by atoms with Crippen molar-refractivity contribution in [2.24, 2.45) is 0 Å². The van der Waals surface area contributed by atoms with Crippen LogP contribution in [0.5, 0.6) is 0 Å². The van der Waals surface area contributed by atoms with E-state index in [1.807, 2.05) is 0 Å². The van der Waals surface area contributed by atoms with Gasteiger partial charge in [-0.2, -0.15) is 5.10 Å². The largest absolute Gasteiger partial charge is 0.323 e. The summed E-state index contributed by atoms with van der Waals surface area (Å²) in [5, 5.41) is 12.2. The molecule has 5 nitrogen and oxygen atoms in total. The first kappa shape index (κ1) is 15.7. The molecule has 1 heterocycles. The zero-order valence-electron chi connectivity index (χ0n) is 12.7. The van der Waals surface area contributed by atoms with Gasteiger partial charge in [0.2, 0.25) is 0 Å². The van der Waals surface area contributed by atoms with Crippen LogP contribution in [0, 0.1) is 18.6 Å². The number of urea groups is 1. The second-order valence-corrected chi connectivity index (χ2v) is 5.17. The van der Waals surface area contributed by atoms with Gasteiger partial charge in [-0.3, -0.25) is 5.10 Å². The number of carbonyl (C=O) groups excluding carboxylic acids is 1. The van der Waals surface area contributed by atoms with E-state index < -0.39 is 6.03 Å². The highest BCUT2D eigenvalue weighted by atomic mass is 19.1. The number of amides is 2. The van der Waals surface area contributed by atoms with Crippen LogP contribution in [0.3, 0.4) is 0 Å². The Morgan fingerprint density at radius 2 is 1.54 bits per heavy atom. The van der Waals surface area contributed by atoms with Crippen molar-refractivity contribution in [3.63, 3.8) is 0 Å². The Bertz CT molecular complexity index is 857. The van der Waals surface area contributed by atoms with Crippen LogP contribution >= 0.6 is 0 Å². The normalized spacial score (nSPS) is 10.5. The predicted molar refractivity (Wildman–Crippen MR) is 87.8 cm³/mol. The molecule has 0 aliphatic heterocycles. The number of halogens is 2. The van der Waals surface area contributed by atoms with Crippen molar-refractivity contribution in [1.82, 2.24) is 10.2 Å². The summed E-state index contributed by atoms with van der Waals surface area (Å²) in [5.74, 6) is -0.736. The smallest absolute Gasteiger partial charge is 0.308 e. The lowest BCUT2D eigenvalue weighted by Crippen LogP contribution is -2.20. The molecular formula is C17H14F2N4O. The van der Waals surface area contributed by atoms with Gasteiger partial charge >= 0.3 is 6.03 Å². The number of aromatic amines is 1.